The predicted molar refractivity (Wildman–Crippen MR) is 109 cm³/mol. The number of nitrogens with zero attached hydrogens (tertiary/aromatic N) is 4. The fourth-order valence-electron chi connectivity index (χ4n) is 2.85. The number of carbonyl (C=O) groups is 1. The van der Waals surface area contributed by atoms with Crippen molar-refractivity contribution in [2.75, 3.05) is 25.1 Å². The molecule has 0 bridgehead atoms. The first-order chi connectivity index (χ1) is 13.6. The molecule has 0 radical (unpaired) electrons. The monoisotopic (exact) mass is 402 g/mol. The molecule has 3 aromatic heterocycles. The molecule has 0 saturated carbocycles. The van der Waals surface area contributed by atoms with Gasteiger partial charge in [0.15, 0.2) is 5.69 Å². The second kappa shape index (κ2) is 9.03. The van der Waals surface area contributed by atoms with E-state index in [-0.39, 0.29) is 11.9 Å². The number of hydrogen-bond acceptors (Lipinski definition) is 7. The van der Waals surface area contributed by atoms with Crippen LogP contribution in [-0.4, -0.2) is 45.5 Å². The molecular weight excluding hydrogens is 379 g/mol. The van der Waals surface area contributed by atoms with E-state index in [0.29, 0.717) is 35.9 Å². The number of aromatic nitrogens is 3. The zero-order valence-corrected chi connectivity index (χ0v) is 16.9. The number of rotatable bonds is 4. The first-order valence-corrected chi connectivity index (χ1v) is 10.1. The summed E-state index contributed by atoms with van der Waals surface area (Å²) in [7, 11) is 0. The minimum Gasteiger partial charge on any atom is -0.348 e. The van der Waals surface area contributed by atoms with Crippen LogP contribution in [-0.2, 0) is 0 Å². The van der Waals surface area contributed by atoms with E-state index in [4.69, 9.17) is 0 Å². The van der Waals surface area contributed by atoms with Gasteiger partial charge in [-0.2, -0.15) is 0 Å². The van der Waals surface area contributed by atoms with Crippen LogP contribution in [0.3, 0.4) is 0 Å². The van der Waals surface area contributed by atoms with Gasteiger partial charge in [-0.15, -0.1) is 11.3 Å². The first-order valence-electron chi connectivity index (χ1n) is 9.24. The van der Waals surface area contributed by atoms with Crippen molar-refractivity contribution in [2.24, 2.45) is 0 Å². The molecule has 1 fully saturated rings. The third kappa shape index (κ3) is 4.26. The summed E-state index contributed by atoms with van der Waals surface area (Å²) in [6, 6.07) is 3.02. The molecule has 1 atom stereocenters. The molecule has 1 aliphatic rings. The Hall–Kier alpha value is -2.65. The van der Waals surface area contributed by atoms with E-state index < -0.39 is 5.82 Å². The highest BCUT2D eigenvalue weighted by molar-refractivity contribution is 7.17. The number of thiophene rings is 1. The summed E-state index contributed by atoms with van der Waals surface area (Å²) < 4.78 is 14.2. The van der Waals surface area contributed by atoms with Crippen molar-refractivity contribution in [3.05, 3.63) is 47.0 Å². The molecular formula is C19H23FN6OS. The maximum atomic E-state index is 13.4. The van der Waals surface area contributed by atoms with E-state index >= 15 is 0 Å². The Morgan fingerprint density at radius 3 is 2.89 bits per heavy atom. The van der Waals surface area contributed by atoms with Crippen LogP contribution in [0.2, 0.25) is 0 Å². The van der Waals surface area contributed by atoms with Crippen molar-refractivity contribution in [2.45, 2.75) is 26.8 Å². The van der Waals surface area contributed by atoms with E-state index in [1.807, 2.05) is 32.2 Å². The summed E-state index contributed by atoms with van der Waals surface area (Å²) >= 11 is 1.45. The van der Waals surface area contributed by atoms with Crippen LogP contribution in [0.15, 0.2) is 29.9 Å². The lowest BCUT2D eigenvalue weighted by Crippen LogP contribution is -2.30. The SMILES string of the molecule is CC.CC(Nc1nc(C(=O)N2CCNC2)c2sccc2n1)c1cncc(F)c1. The second-order valence-electron chi connectivity index (χ2n) is 6.06. The highest BCUT2D eigenvalue weighted by Gasteiger charge is 2.24. The molecule has 4 rings (SSSR count). The summed E-state index contributed by atoms with van der Waals surface area (Å²) in [6.07, 6.45) is 2.75. The summed E-state index contributed by atoms with van der Waals surface area (Å²) in [5.41, 5.74) is 1.78. The van der Waals surface area contributed by atoms with Crippen molar-refractivity contribution < 1.29 is 9.18 Å². The van der Waals surface area contributed by atoms with Crippen molar-refractivity contribution in [1.82, 2.24) is 25.2 Å². The predicted octanol–water partition coefficient (Wildman–Crippen LogP) is 3.43. The minimum absolute atomic E-state index is 0.118. The smallest absolute Gasteiger partial charge is 0.275 e. The van der Waals surface area contributed by atoms with E-state index in [9.17, 15) is 9.18 Å². The lowest BCUT2D eigenvalue weighted by molar-refractivity contribution is 0.0787. The summed E-state index contributed by atoms with van der Waals surface area (Å²) in [5, 5.41) is 8.18. The Balaban J connectivity index is 0.00000109. The lowest BCUT2D eigenvalue weighted by Gasteiger charge is -2.17. The molecule has 0 aromatic carbocycles. The molecule has 148 valence electrons. The lowest BCUT2D eigenvalue weighted by atomic mass is 10.1. The molecule has 4 heterocycles. The van der Waals surface area contributed by atoms with Crippen LogP contribution in [0.25, 0.3) is 10.2 Å². The van der Waals surface area contributed by atoms with Gasteiger partial charge in [-0.3, -0.25) is 15.1 Å². The molecule has 0 aliphatic carbocycles. The number of anilines is 1. The van der Waals surface area contributed by atoms with Crippen LogP contribution in [0.4, 0.5) is 10.3 Å². The number of fused-ring (bicyclic) bond motifs is 1. The average Bonchev–Trinajstić information content (AvgIpc) is 3.40. The van der Waals surface area contributed by atoms with Gasteiger partial charge in [0.2, 0.25) is 5.95 Å². The topological polar surface area (TPSA) is 83.0 Å². The zero-order valence-electron chi connectivity index (χ0n) is 16.1. The normalized spacial score (nSPS) is 14.5. The Labute approximate surface area is 167 Å². The van der Waals surface area contributed by atoms with E-state index in [1.54, 1.807) is 11.1 Å². The molecule has 1 unspecified atom stereocenters. The fourth-order valence-corrected chi connectivity index (χ4v) is 3.66. The van der Waals surface area contributed by atoms with Gasteiger partial charge in [-0.25, -0.2) is 14.4 Å². The summed E-state index contributed by atoms with van der Waals surface area (Å²) in [6.45, 7) is 7.82. The average molecular weight is 402 g/mol. The zero-order chi connectivity index (χ0) is 20.1. The summed E-state index contributed by atoms with van der Waals surface area (Å²) in [4.78, 5) is 27.4. The molecule has 7 nitrogen and oxygen atoms in total. The Morgan fingerprint density at radius 1 is 1.36 bits per heavy atom. The molecule has 28 heavy (non-hydrogen) atoms. The van der Waals surface area contributed by atoms with Gasteiger partial charge < -0.3 is 10.2 Å². The maximum absolute atomic E-state index is 13.4. The van der Waals surface area contributed by atoms with Gasteiger partial charge in [0, 0.05) is 19.3 Å². The fraction of sp³-hybridized carbons (Fsp3) is 0.368. The molecule has 0 spiro atoms. The standard InChI is InChI=1S/C17H17FN6OS.C2H6/c1-10(11-6-12(18)8-20-7-11)21-17-22-13-2-5-26-15(13)14(23-17)16(25)24-4-3-19-9-24;1-2/h2,5-8,10,19H,3-4,9H2,1H3,(H,21,22,23);1-2H3. The van der Waals surface area contributed by atoms with E-state index in [2.05, 4.69) is 25.6 Å². The van der Waals surface area contributed by atoms with Gasteiger partial charge in [0.25, 0.3) is 5.91 Å². The second-order valence-corrected chi connectivity index (χ2v) is 6.98. The Morgan fingerprint density at radius 2 is 2.18 bits per heavy atom. The number of nitrogens with one attached hydrogen (secondary N) is 2. The molecule has 1 saturated heterocycles. The minimum atomic E-state index is -0.400. The molecule has 3 aromatic rings. The maximum Gasteiger partial charge on any atom is 0.275 e. The van der Waals surface area contributed by atoms with Crippen LogP contribution in [0.5, 0.6) is 0 Å². The number of pyridine rings is 1. The Bertz CT molecular complexity index is 957. The van der Waals surface area contributed by atoms with Gasteiger partial charge in [0.1, 0.15) is 5.82 Å². The number of hydrogen-bond donors (Lipinski definition) is 2. The quantitative estimate of drug-likeness (QED) is 0.696. The van der Waals surface area contributed by atoms with Crippen LogP contribution in [0, 0.1) is 5.82 Å². The Kier molecular flexibility index (Phi) is 6.48. The number of carbonyl (C=O) groups excluding carboxylic acids is 1. The van der Waals surface area contributed by atoms with E-state index in [1.165, 1.54) is 17.4 Å². The van der Waals surface area contributed by atoms with Gasteiger partial charge in [0.05, 0.1) is 29.1 Å². The van der Waals surface area contributed by atoms with Crippen molar-refractivity contribution in [1.29, 1.82) is 0 Å². The molecule has 1 aliphatic heterocycles. The summed E-state index contributed by atoms with van der Waals surface area (Å²) in [5.74, 6) is -0.182. The highest BCUT2D eigenvalue weighted by atomic mass is 32.1. The molecule has 9 heteroatoms. The van der Waals surface area contributed by atoms with Crippen LogP contribution in [0.1, 0.15) is 42.9 Å². The van der Waals surface area contributed by atoms with E-state index in [0.717, 1.165) is 17.4 Å². The van der Waals surface area contributed by atoms with Gasteiger partial charge >= 0.3 is 0 Å². The first kappa shape index (κ1) is 20.1. The largest absolute Gasteiger partial charge is 0.348 e. The van der Waals surface area contributed by atoms with Crippen molar-refractivity contribution >= 4 is 33.4 Å². The third-order valence-corrected chi connectivity index (χ3v) is 5.14. The van der Waals surface area contributed by atoms with Crippen LogP contribution < -0.4 is 10.6 Å². The van der Waals surface area contributed by atoms with Crippen LogP contribution >= 0.6 is 11.3 Å². The van der Waals surface area contributed by atoms with Gasteiger partial charge in [-0.1, -0.05) is 13.8 Å². The molecule has 2 N–H and O–H groups in total. The van der Waals surface area contributed by atoms with Crippen molar-refractivity contribution in [3.8, 4) is 0 Å². The van der Waals surface area contributed by atoms with Gasteiger partial charge in [-0.05, 0) is 30.0 Å². The highest BCUT2D eigenvalue weighted by Crippen LogP contribution is 2.26. The number of amides is 1. The molecule has 1 amide bonds. The third-order valence-electron chi connectivity index (χ3n) is 4.23. The number of halogens is 1. The van der Waals surface area contributed by atoms with Crippen molar-refractivity contribution in [3.63, 3.8) is 0 Å².